The second-order valence-electron chi connectivity index (χ2n) is 5.47. The summed E-state index contributed by atoms with van der Waals surface area (Å²) >= 11 is 6.13. The van der Waals surface area contributed by atoms with E-state index in [2.05, 4.69) is 5.10 Å². The van der Waals surface area contributed by atoms with Crippen LogP contribution in [-0.4, -0.2) is 15.6 Å². The standard InChI is InChI=1S/C16H20ClN3O/c1-10(2)20-15(13(17)9-19-20)16(21)11(3)14(18)12-7-5-4-6-8-12/h4-11,14H,18H2,1-3H3. The minimum absolute atomic E-state index is 0.0663. The van der Waals surface area contributed by atoms with Crippen LogP contribution in [-0.2, 0) is 0 Å². The zero-order valence-corrected chi connectivity index (χ0v) is 13.2. The lowest BCUT2D eigenvalue weighted by Crippen LogP contribution is -2.28. The van der Waals surface area contributed by atoms with Crippen molar-refractivity contribution in [2.24, 2.45) is 11.7 Å². The highest BCUT2D eigenvalue weighted by molar-refractivity contribution is 6.33. The number of hydrogen-bond donors (Lipinski definition) is 1. The number of benzene rings is 1. The average Bonchev–Trinajstić information content (AvgIpc) is 2.87. The molecule has 2 N–H and O–H groups in total. The Morgan fingerprint density at radius 3 is 2.43 bits per heavy atom. The molecule has 112 valence electrons. The second-order valence-corrected chi connectivity index (χ2v) is 5.88. The van der Waals surface area contributed by atoms with Gasteiger partial charge in [0.25, 0.3) is 0 Å². The minimum atomic E-state index is -0.376. The van der Waals surface area contributed by atoms with Gasteiger partial charge in [-0.05, 0) is 19.4 Å². The zero-order chi connectivity index (χ0) is 15.6. The molecular formula is C16H20ClN3O. The molecule has 21 heavy (non-hydrogen) atoms. The number of ketones is 1. The van der Waals surface area contributed by atoms with Crippen LogP contribution in [0.2, 0.25) is 5.02 Å². The number of Topliss-reactive ketones (excluding diaryl/α,β-unsaturated/α-hetero) is 1. The molecular weight excluding hydrogens is 286 g/mol. The van der Waals surface area contributed by atoms with Crippen LogP contribution in [0.25, 0.3) is 0 Å². The Labute approximate surface area is 129 Å². The molecule has 5 heteroatoms. The van der Waals surface area contributed by atoms with Gasteiger partial charge in [-0.25, -0.2) is 0 Å². The van der Waals surface area contributed by atoms with Crippen LogP contribution in [0.1, 0.15) is 48.9 Å². The third kappa shape index (κ3) is 3.17. The number of carbonyl (C=O) groups excluding carboxylic acids is 1. The average molecular weight is 306 g/mol. The second kappa shape index (κ2) is 6.41. The molecule has 0 saturated heterocycles. The first kappa shape index (κ1) is 15.7. The maximum atomic E-state index is 12.7. The summed E-state index contributed by atoms with van der Waals surface area (Å²) in [5.41, 5.74) is 7.60. The summed E-state index contributed by atoms with van der Waals surface area (Å²) in [7, 11) is 0. The summed E-state index contributed by atoms with van der Waals surface area (Å²) in [6.07, 6.45) is 1.51. The van der Waals surface area contributed by atoms with Gasteiger partial charge < -0.3 is 5.73 Å². The van der Waals surface area contributed by atoms with Gasteiger partial charge in [0.1, 0.15) is 5.69 Å². The number of rotatable bonds is 5. The zero-order valence-electron chi connectivity index (χ0n) is 12.5. The van der Waals surface area contributed by atoms with Gasteiger partial charge in [-0.2, -0.15) is 5.10 Å². The van der Waals surface area contributed by atoms with Crippen molar-refractivity contribution in [2.45, 2.75) is 32.9 Å². The van der Waals surface area contributed by atoms with Gasteiger partial charge in [-0.15, -0.1) is 0 Å². The molecule has 0 saturated carbocycles. The Balaban J connectivity index is 2.30. The predicted molar refractivity (Wildman–Crippen MR) is 84.5 cm³/mol. The van der Waals surface area contributed by atoms with Gasteiger partial charge in [0.15, 0.2) is 5.78 Å². The molecule has 0 aliphatic carbocycles. The molecule has 2 unspecified atom stereocenters. The van der Waals surface area contributed by atoms with E-state index in [1.165, 1.54) is 6.20 Å². The molecule has 1 heterocycles. The van der Waals surface area contributed by atoms with E-state index in [1.807, 2.05) is 51.1 Å². The van der Waals surface area contributed by atoms with Crippen molar-refractivity contribution in [1.82, 2.24) is 9.78 Å². The molecule has 0 radical (unpaired) electrons. The largest absolute Gasteiger partial charge is 0.323 e. The normalized spacial score (nSPS) is 14.2. The molecule has 0 fully saturated rings. The lowest BCUT2D eigenvalue weighted by atomic mass is 9.90. The van der Waals surface area contributed by atoms with Gasteiger partial charge in [0, 0.05) is 18.0 Å². The Morgan fingerprint density at radius 2 is 1.86 bits per heavy atom. The Kier molecular flexibility index (Phi) is 4.80. The Bertz CT molecular complexity index is 622. The number of aromatic nitrogens is 2. The maximum Gasteiger partial charge on any atom is 0.187 e. The smallest absolute Gasteiger partial charge is 0.187 e. The van der Waals surface area contributed by atoms with E-state index in [0.29, 0.717) is 10.7 Å². The summed E-state index contributed by atoms with van der Waals surface area (Å²) in [6.45, 7) is 5.75. The first-order chi connectivity index (χ1) is 9.93. The van der Waals surface area contributed by atoms with E-state index >= 15 is 0 Å². The summed E-state index contributed by atoms with van der Waals surface area (Å²) < 4.78 is 1.65. The molecule has 2 aromatic rings. The van der Waals surface area contributed by atoms with Crippen molar-refractivity contribution in [2.75, 3.05) is 0 Å². The van der Waals surface area contributed by atoms with Gasteiger partial charge in [0.2, 0.25) is 0 Å². The van der Waals surface area contributed by atoms with Crippen LogP contribution in [0, 0.1) is 5.92 Å². The van der Waals surface area contributed by atoms with Crippen LogP contribution in [0.15, 0.2) is 36.5 Å². The monoisotopic (exact) mass is 305 g/mol. The molecule has 0 aliphatic heterocycles. The maximum absolute atomic E-state index is 12.7. The van der Waals surface area contributed by atoms with Crippen LogP contribution in [0.4, 0.5) is 0 Å². The number of halogens is 1. The Hall–Kier alpha value is -1.65. The van der Waals surface area contributed by atoms with Crippen molar-refractivity contribution < 1.29 is 4.79 Å². The number of nitrogens with zero attached hydrogens (tertiary/aromatic N) is 2. The third-order valence-corrected chi connectivity index (χ3v) is 3.89. The lowest BCUT2D eigenvalue weighted by Gasteiger charge is -2.20. The molecule has 0 spiro atoms. The van der Waals surface area contributed by atoms with Crippen LogP contribution >= 0.6 is 11.6 Å². The fourth-order valence-electron chi connectivity index (χ4n) is 2.31. The first-order valence-corrected chi connectivity index (χ1v) is 7.39. The molecule has 1 aromatic carbocycles. The highest BCUT2D eigenvalue weighted by atomic mass is 35.5. The van der Waals surface area contributed by atoms with Crippen molar-refractivity contribution in [3.05, 3.63) is 52.8 Å². The van der Waals surface area contributed by atoms with Crippen molar-refractivity contribution in [3.63, 3.8) is 0 Å². The van der Waals surface area contributed by atoms with E-state index in [-0.39, 0.29) is 23.8 Å². The van der Waals surface area contributed by atoms with Crippen LogP contribution in [0.3, 0.4) is 0 Å². The lowest BCUT2D eigenvalue weighted by molar-refractivity contribution is 0.0900. The number of hydrogen-bond acceptors (Lipinski definition) is 3. The minimum Gasteiger partial charge on any atom is -0.323 e. The van der Waals surface area contributed by atoms with E-state index in [0.717, 1.165) is 5.56 Å². The van der Waals surface area contributed by atoms with Gasteiger partial charge in [0.05, 0.1) is 11.2 Å². The van der Waals surface area contributed by atoms with Crippen LogP contribution < -0.4 is 5.73 Å². The number of nitrogens with two attached hydrogens (primary N) is 1. The van der Waals surface area contributed by atoms with Crippen molar-refractivity contribution in [3.8, 4) is 0 Å². The molecule has 0 amide bonds. The number of carbonyl (C=O) groups is 1. The van der Waals surface area contributed by atoms with Crippen molar-refractivity contribution >= 4 is 17.4 Å². The molecule has 4 nitrogen and oxygen atoms in total. The van der Waals surface area contributed by atoms with Gasteiger partial charge >= 0.3 is 0 Å². The van der Waals surface area contributed by atoms with Gasteiger partial charge in [-0.3, -0.25) is 9.48 Å². The van der Waals surface area contributed by atoms with Crippen LogP contribution in [0.5, 0.6) is 0 Å². The van der Waals surface area contributed by atoms with E-state index in [4.69, 9.17) is 17.3 Å². The highest BCUT2D eigenvalue weighted by Gasteiger charge is 2.28. The predicted octanol–water partition coefficient (Wildman–Crippen LogP) is 3.64. The SMILES string of the molecule is CC(C(=O)c1c(Cl)cnn1C(C)C)C(N)c1ccccc1. The summed E-state index contributed by atoms with van der Waals surface area (Å²) in [5.74, 6) is -0.457. The molecule has 0 bridgehead atoms. The van der Waals surface area contributed by atoms with E-state index in [1.54, 1.807) is 4.68 Å². The first-order valence-electron chi connectivity index (χ1n) is 7.01. The van der Waals surface area contributed by atoms with E-state index in [9.17, 15) is 4.79 Å². The van der Waals surface area contributed by atoms with Crippen molar-refractivity contribution in [1.29, 1.82) is 0 Å². The fraction of sp³-hybridized carbons (Fsp3) is 0.375. The third-order valence-electron chi connectivity index (χ3n) is 3.61. The van der Waals surface area contributed by atoms with Gasteiger partial charge in [-0.1, -0.05) is 48.9 Å². The summed E-state index contributed by atoms with van der Waals surface area (Å²) in [5, 5.41) is 4.55. The topological polar surface area (TPSA) is 60.9 Å². The molecule has 2 atom stereocenters. The molecule has 0 aliphatic rings. The fourth-order valence-corrected chi connectivity index (χ4v) is 2.53. The summed E-state index contributed by atoms with van der Waals surface area (Å²) in [6, 6.07) is 9.30. The molecule has 1 aromatic heterocycles. The Morgan fingerprint density at radius 1 is 1.24 bits per heavy atom. The molecule has 2 rings (SSSR count). The quantitative estimate of drug-likeness (QED) is 0.858. The summed E-state index contributed by atoms with van der Waals surface area (Å²) in [4.78, 5) is 12.7. The van der Waals surface area contributed by atoms with E-state index < -0.39 is 0 Å². The highest BCUT2D eigenvalue weighted by Crippen LogP contribution is 2.27.